The van der Waals surface area contributed by atoms with Crippen molar-refractivity contribution in [1.29, 1.82) is 0 Å². The van der Waals surface area contributed by atoms with Gasteiger partial charge in [0.2, 0.25) is 16.0 Å². The second kappa shape index (κ2) is 13.4. The molecule has 2 aromatic heterocycles. The van der Waals surface area contributed by atoms with Crippen LogP contribution in [0.1, 0.15) is 43.4 Å². The SMILES string of the molecule is COCc1ncc(-c2nc(N3CCOCC3)nc3c(CN4CCC(N5CCCCC5)CC4)cccc23)cc1NS(C)(=O)=O. The Labute approximate surface area is 254 Å². The molecule has 3 aliphatic rings. The highest BCUT2D eigenvalue weighted by atomic mass is 32.2. The Morgan fingerprint density at radius 2 is 1.79 bits per heavy atom. The Hall–Kier alpha value is -2.90. The fraction of sp³-hybridized carbons (Fsp3) is 0.581. The highest BCUT2D eigenvalue weighted by Crippen LogP contribution is 2.33. The van der Waals surface area contributed by atoms with Crippen LogP contribution in [-0.2, 0) is 32.6 Å². The lowest BCUT2D eigenvalue weighted by molar-refractivity contribution is 0.0898. The molecule has 1 aromatic carbocycles. The number of piperidine rings is 2. The predicted octanol–water partition coefficient (Wildman–Crippen LogP) is 3.50. The van der Waals surface area contributed by atoms with Crippen LogP contribution in [0.3, 0.4) is 0 Å². The van der Waals surface area contributed by atoms with Crippen molar-refractivity contribution in [2.45, 2.75) is 51.3 Å². The van der Waals surface area contributed by atoms with Gasteiger partial charge in [-0.2, -0.15) is 0 Å². The number of likely N-dealkylation sites (tertiary alicyclic amines) is 2. The third-order valence-electron chi connectivity index (χ3n) is 8.77. The highest BCUT2D eigenvalue weighted by Gasteiger charge is 2.27. The van der Waals surface area contributed by atoms with E-state index in [9.17, 15) is 8.42 Å². The summed E-state index contributed by atoms with van der Waals surface area (Å²) in [5.41, 5.74) is 4.43. The van der Waals surface area contributed by atoms with Gasteiger partial charge >= 0.3 is 0 Å². The molecule has 0 unspecified atom stereocenters. The second-order valence-corrected chi connectivity index (χ2v) is 13.7. The van der Waals surface area contributed by atoms with E-state index in [2.05, 4.69) is 36.5 Å². The molecule has 3 fully saturated rings. The molecule has 0 atom stereocenters. The number of hydrogen-bond acceptors (Lipinski definition) is 10. The van der Waals surface area contributed by atoms with E-state index >= 15 is 0 Å². The molecular weight excluding hydrogens is 566 g/mol. The van der Waals surface area contributed by atoms with Crippen LogP contribution in [0.5, 0.6) is 0 Å². The number of benzene rings is 1. The lowest BCUT2D eigenvalue weighted by Crippen LogP contribution is -2.46. The first-order valence-electron chi connectivity index (χ1n) is 15.4. The zero-order chi connectivity index (χ0) is 29.8. The first-order chi connectivity index (χ1) is 20.9. The summed E-state index contributed by atoms with van der Waals surface area (Å²) in [6.07, 6.45) is 9.33. The standard InChI is InChI=1S/C31H43N7O4S/c1-41-22-28-27(35-43(2,39)40)19-24(20-32-28)30-26-8-6-7-23(29(26)33-31(34-30)38-15-17-42-18-16-38)21-36-13-9-25(10-14-36)37-11-4-3-5-12-37/h6-8,19-20,25,35H,3-5,9-18,21-22H2,1-2H3. The molecule has 43 heavy (non-hydrogen) atoms. The maximum absolute atomic E-state index is 12.2. The molecule has 0 radical (unpaired) electrons. The van der Waals surface area contributed by atoms with E-state index in [-0.39, 0.29) is 6.61 Å². The minimum absolute atomic E-state index is 0.181. The Morgan fingerprint density at radius 3 is 2.51 bits per heavy atom. The molecular formula is C31H43N7O4S. The number of hydrogen-bond donors (Lipinski definition) is 1. The number of ether oxygens (including phenoxy) is 2. The molecule has 12 heteroatoms. The summed E-state index contributed by atoms with van der Waals surface area (Å²) in [7, 11) is -1.97. The molecule has 5 heterocycles. The number of methoxy groups -OCH3 is 1. The van der Waals surface area contributed by atoms with Gasteiger partial charge in [0.25, 0.3) is 0 Å². The van der Waals surface area contributed by atoms with Gasteiger partial charge in [-0.05, 0) is 63.5 Å². The fourth-order valence-corrected chi connectivity index (χ4v) is 7.16. The van der Waals surface area contributed by atoms with E-state index in [0.717, 1.165) is 42.5 Å². The number of nitrogens with zero attached hydrogens (tertiary/aromatic N) is 6. The number of fused-ring (bicyclic) bond motifs is 1. The molecule has 0 bridgehead atoms. The van der Waals surface area contributed by atoms with Gasteiger partial charge in [0.1, 0.15) is 0 Å². The van der Waals surface area contributed by atoms with Crippen molar-refractivity contribution >= 4 is 32.6 Å². The van der Waals surface area contributed by atoms with Crippen LogP contribution in [0.15, 0.2) is 30.5 Å². The molecule has 0 aliphatic carbocycles. The molecule has 0 spiro atoms. The van der Waals surface area contributed by atoms with E-state index < -0.39 is 10.0 Å². The average molecular weight is 610 g/mol. The lowest BCUT2D eigenvalue weighted by atomic mass is 9.99. The number of pyridine rings is 1. The van der Waals surface area contributed by atoms with Crippen molar-refractivity contribution in [3.05, 3.63) is 41.7 Å². The topological polar surface area (TPSA) is 113 Å². The number of sulfonamides is 1. The number of anilines is 2. The number of morpholine rings is 1. The van der Waals surface area contributed by atoms with Gasteiger partial charge in [0.15, 0.2) is 0 Å². The van der Waals surface area contributed by atoms with Crippen molar-refractivity contribution in [2.75, 3.05) is 75.5 Å². The molecule has 0 saturated carbocycles. The van der Waals surface area contributed by atoms with Crippen LogP contribution in [0.4, 0.5) is 11.6 Å². The monoisotopic (exact) mass is 609 g/mol. The van der Waals surface area contributed by atoms with Crippen molar-refractivity contribution in [3.63, 3.8) is 0 Å². The lowest BCUT2D eigenvalue weighted by Gasteiger charge is -2.40. The summed E-state index contributed by atoms with van der Waals surface area (Å²) in [5.74, 6) is 0.653. The van der Waals surface area contributed by atoms with E-state index in [0.29, 0.717) is 55.2 Å². The number of nitrogens with one attached hydrogen (secondary N) is 1. The van der Waals surface area contributed by atoms with Crippen LogP contribution in [0.25, 0.3) is 22.2 Å². The summed E-state index contributed by atoms with van der Waals surface area (Å²) < 4.78 is 37.9. The quantitative estimate of drug-likeness (QED) is 0.387. The molecule has 3 aromatic rings. The highest BCUT2D eigenvalue weighted by molar-refractivity contribution is 7.92. The summed E-state index contributed by atoms with van der Waals surface area (Å²) in [6.45, 7) is 8.34. The maximum Gasteiger partial charge on any atom is 0.229 e. The fourth-order valence-electron chi connectivity index (χ4n) is 6.58. The average Bonchev–Trinajstić information content (AvgIpc) is 3.02. The van der Waals surface area contributed by atoms with Crippen LogP contribution in [-0.4, -0.2) is 105 Å². The zero-order valence-corrected chi connectivity index (χ0v) is 26.1. The third-order valence-corrected chi connectivity index (χ3v) is 9.36. The third kappa shape index (κ3) is 7.26. The molecule has 1 N–H and O–H groups in total. The number of para-hydroxylation sites is 1. The molecule has 11 nitrogen and oxygen atoms in total. The first-order valence-corrected chi connectivity index (χ1v) is 17.3. The van der Waals surface area contributed by atoms with E-state index in [1.165, 1.54) is 50.8 Å². The van der Waals surface area contributed by atoms with E-state index in [1.807, 2.05) is 6.07 Å². The minimum atomic E-state index is -3.53. The smallest absolute Gasteiger partial charge is 0.229 e. The number of aromatic nitrogens is 3. The van der Waals surface area contributed by atoms with Crippen molar-refractivity contribution in [1.82, 2.24) is 24.8 Å². The zero-order valence-electron chi connectivity index (χ0n) is 25.3. The predicted molar refractivity (Wildman–Crippen MR) is 169 cm³/mol. The number of rotatable bonds is 9. The second-order valence-electron chi connectivity index (χ2n) is 11.9. The van der Waals surface area contributed by atoms with Crippen molar-refractivity contribution in [3.8, 4) is 11.3 Å². The van der Waals surface area contributed by atoms with Crippen molar-refractivity contribution < 1.29 is 17.9 Å². The minimum Gasteiger partial charge on any atom is -0.378 e. The summed E-state index contributed by atoms with van der Waals surface area (Å²) in [6, 6.07) is 8.80. The summed E-state index contributed by atoms with van der Waals surface area (Å²) in [4.78, 5) is 22.2. The molecule has 0 amide bonds. The van der Waals surface area contributed by atoms with Gasteiger partial charge in [-0.25, -0.2) is 18.4 Å². The Morgan fingerprint density at radius 1 is 1.02 bits per heavy atom. The van der Waals surface area contributed by atoms with Crippen LogP contribution in [0, 0.1) is 0 Å². The van der Waals surface area contributed by atoms with Crippen LogP contribution in [0.2, 0.25) is 0 Å². The van der Waals surface area contributed by atoms with Crippen molar-refractivity contribution in [2.24, 2.45) is 0 Å². The Balaban J connectivity index is 1.35. The molecule has 232 valence electrons. The van der Waals surface area contributed by atoms with Gasteiger partial charge in [-0.1, -0.05) is 24.6 Å². The molecule has 3 aliphatic heterocycles. The maximum atomic E-state index is 12.2. The summed E-state index contributed by atoms with van der Waals surface area (Å²) in [5, 5.41) is 0.921. The van der Waals surface area contributed by atoms with Gasteiger partial charge in [-0.3, -0.25) is 14.6 Å². The largest absolute Gasteiger partial charge is 0.378 e. The Kier molecular flexibility index (Phi) is 9.39. The normalized spacial score (nSPS) is 19.6. The molecule has 3 saturated heterocycles. The first kappa shape index (κ1) is 30.1. The van der Waals surface area contributed by atoms with Gasteiger partial charge in [-0.15, -0.1) is 0 Å². The van der Waals surface area contributed by atoms with Gasteiger partial charge < -0.3 is 19.3 Å². The van der Waals surface area contributed by atoms with Gasteiger partial charge in [0.05, 0.1) is 48.7 Å². The Bertz CT molecular complexity index is 1520. The van der Waals surface area contributed by atoms with Crippen LogP contribution >= 0.6 is 0 Å². The van der Waals surface area contributed by atoms with Gasteiger partial charge in [0, 0.05) is 49.9 Å². The summed E-state index contributed by atoms with van der Waals surface area (Å²) >= 11 is 0. The molecule has 6 rings (SSSR count). The van der Waals surface area contributed by atoms with E-state index in [1.54, 1.807) is 19.4 Å². The van der Waals surface area contributed by atoms with E-state index in [4.69, 9.17) is 19.4 Å². The van der Waals surface area contributed by atoms with Crippen LogP contribution < -0.4 is 9.62 Å².